The number of hydrogen-bond acceptors (Lipinski definition) is 5. The van der Waals surface area contributed by atoms with Crippen LogP contribution in [0.3, 0.4) is 0 Å². The molecule has 0 aliphatic carbocycles. The van der Waals surface area contributed by atoms with Gasteiger partial charge in [0.2, 0.25) is 0 Å². The largest absolute Gasteiger partial charge is 0.497 e. The number of carbonyl (C=O) groups is 1. The predicted octanol–water partition coefficient (Wildman–Crippen LogP) is 1.66. The van der Waals surface area contributed by atoms with Crippen LogP contribution in [0.1, 0.15) is 24.9 Å². The molecule has 0 radical (unpaired) electrons. The summed E-state index contributed by atoms with van der Waals surface area (Å²) < 4.78 is 15.2. The summed E-state index contributed by atoms with van der Waals surface area (Å²) in [6.07, 6.45) is 0.122. The summed E-state index contributed by atoms with van der Waals surface area (Å²) in [6, 6.07) is 4.86. The fourth-order valence-electron chi connectivity index (χ4n) is 1.63. The van der Waals surface area contributed by atoms with Crippen LogP contribution in [0.2, 0.25) is 0 Å². The molecule has 5 heteroatoms. The Balaban J connectivity index is 2.84. The van der Waals surface area contributed by atoms with E-state index in [4.69, 9.17) is 19.9 Å². The second kappa shape index (κ2) is 6.86. The minimum atomic E-state index is -0.454. The molecule has 1 aromatic rings. The van der Waals surface area contributed by atoms with E-state index in [9.17, 15) is 4.79 Å². The molecule has 1 atom stereocenters. The fourth-order valence-corrected chi connectivity index (χ4v) is 1.63. The van der Waals surface area contributed by atoms with Crippen LogP contribution in [0.25, 0.3) is 0 Å². The van der Waals surface area contributed by atoms with Gasteiger partial charge in [0.25, 0.3) is 0 Å². The van der Waals surface area contributed by atoms with Crippen molar-refractivity contribution >= 4 is 5.97 Å². The minimum Gasteiger partial charge on any atom is -0.497 e. The van der Waals surface area contributed by atoms with Gasteiger partial charge < -0.3 is 19.9 Å². The molecule has 0 spiro atoms. The monoisotopic (exact) mass is 253 g/mol. The van der Waals surface area contributed by atoms with Crippen LogP contribution in [0, 0.1) is 0 Å². The van der Waals surface area contributed by atoms with Gasteiger partial charge in [-0.25, -0.2) is 0 Å². The first-order chi connectivity index (χ1) is 8.62. The molecule has 0 bridgehead atoms. The summed E-state index contributed by atoms with van der Waals surface area (Å²) in [4.78, 5) is 11.4. The standard InChI is InChI=1S/C13H19NO4/c1-4-18-13(15)8-11(14)10-6-5-9(16-2)7-12(10)17-3/h5-7,11H,4,8,14H2,1-3H3. The zero-order chi connectivity index (χ0) is 13.5. The van der Waals surface area contributed by atoms with Crippen molar-refractivity contribution in [2.24, 2.45) is 5.73 Å². The molecule has 1 rings (SSSR count). The zero-order valence-electron chi connectivity index (χ0n) is 10.9. The number of hydrogen-bond donors (Lipinski definition) is 1. The molecule has 100 valence electrons. The molecule has 0 fully saturated rings. The average Bonchev–Trinajstić information content (AvgIpc) is 2.38. The van der Waals surface area contributed by atoms with Crippen LogP contribution < -0.4 is 15.2 Å². The molecule has 2 N–H and O–H groups in total. The third-order valence-corrected chi connectivity index (χ3v) is 2.53. The third-order valence-electron chi connectivity index (χ3n) is 2.53. The molecule has 0 heterocycles. The second-order valence-electron chi connectivity index (χ2n) is 3.72. The maximum atomic E-state index is 11.4. The van der Waals surface area contributed by atoms with E-state index < -0.39 is 6.04 Å². The van der Waals surface area contributed by atoms with Crippen LogP contribution in [-0.2, 0) is 9.53 Å². The molecule has 5 nitrogen and oxygen atoms in total. The number of esters is 1. The van der Waals surface area contributed by atoms with Gasteiger partial charge in [-0.05, 0) is 13.0 Å². The van der Waals surface area contributed by atoms with E-state index in [2.05, 4.69) is 0 Å². The third kappa shape index (κ3) is 3.63. The Labute approximate surface area is 107 Å². The van der Waals surface area contributed by atoms with Crippen molar-refractivity contribution in [3.8, 4) is 11.5 Å². The lowest BCUT2D eigenvalue weighted by Gasteiger charge is -2.15. The van der Waals surface area contributed by atoms with Crippen LogP contribution in [0.5, 0.6) is 11.5 Å². The van der Waals surface area contributed by atoms with E-state index in [1.165, 1.54) is 0 Å². The lowest BCUT2D eigenvalue weighted by atomic mass is 10.0. The van der Waals surface area contributed by atoms with Gasteiger partial charge in [0.1, 0.15) is 11.5 Å². The van der Waals surface area contributed by atoms with E-state index in [0.29, 0.717) is 18.1 Å². The van der Waals surface area contributed by atoms with E-state index >= 15 is 0 Å². The molecule has 18 heavy (non-hydrogen) atoms. The summed E-state index contributed by atoms with van der Waals surface area (Å²) in [5, 5.41) is 0. The Kier molecular flexibility index (Phi) is 5.45. The van der Waals surface area contributed by atoms with Gasteiger partial charge >= 0.3 is 5.97 Å². The van der Waals surface area contributed by atoms with Crippen molar-refractivity contribution in [2.45, 2.75) is 19.4 Å². The Bertz CT molecular complexity index is 406. The number of nitrogens with two attached hydrogens (primary N) is 1. The summed E-state index contributed by atoms with van der Waals surface area (Å²) in [5.74, 6) is 0.966. The fraction of sp³-hybridized carbons (Fsp3) is 0.462. The molecule has 0 aliphatic rings. The molecule has 0 saturated heterocycles. The Morgan fingerprint density at radius 3 is 2.61 bits per heavy atom. The second-order valence-corrected chi connectivity index (χ2v) is 3.72. The maximum Gasteiger partial charge on any atom is 0.307 e. The van der Waals surface area contributed by atoms with Crippen LogP contribution in [0.15, 0.2) is 18.2 Å². The molecule has 0 aromatic heterocycles. The van der Waals surface area contributed by atoms with Gasteiger partial charge in [0, 0.05) is 17.7 Å². The van der Waals surface area contributed by atoms with Crippen LogP contribution >= 0.6 is 0 Å². The van der Waals surface area contributed by atoms with Gasteiger partial charge in [-0.2, -0.15) is 0 Å². The first kappa shape index (κ1) is 14.3. The highest BCUT2D eigenvalue weighted by atomic mass is 16.5. The van der Waals surface area contributed by atoms with Crippen LogP contribution in [0.4, 0.5) is 0 Å². The predicted molar refractivity (Wildman–Crippen MR) is 67.7 cm³/mol. The first-order valence-electron chi connectivity index (χ1n) is 5.75. The maximum absolute atomic E-state index is 11.4. The number of methoxy groups -OCH3 is 2. The summed E-state index contributed by atoms with van der Waals surface area (Å²) in [7, 11) is 3.13. The van der Waals surface area contributed by atoms with Crippen molar-refractivity contribution in [3.05, 3.63) is 23.8 Å². The van der Waals surface area contributed by atoms with E-state index in [1.54, 1.807) is 39.3 Å². The SMILES string of the molecule is CCOC(=O)CC(N)c1ccc(OC)cc1OC. The molecule has 0 saturated carbocycles. The molecular weight excluding hydrogens is 234 g/mol. The minimum absolute atomic E-state index is 0.122. The highest BCUT2D eigenvalue weighted by Gasteiger charge is 2.17. The van der Waals surface area contributed by atoms with Crippen molar-refractivity contribution < 1.29 is 19.0 Å². The quantitative estimate of drug-likeness (QED) is 0.781. The first-order valence-corrected chi connectivity index (χ1v) is 5.75. The number of rotatable bonds is 6. The normalized spacial score (nSPS) is 11.8. The Morgan fingerprint density at radius 1 is 1.33 bits per heavy atom. The summed E-state index contributed by atoms with van der Waals surface area (Å²) in [6.45, 7) is 2.11. The highest BCUT2D eigenvalue weighted by molar-refractivity contribution is 5.70. The zero-order valence-corrected chi connectivity index (χ0v) is 10.9. The molecular formula is C13H19NO4. The highest BCUT2D eigenvalue weighted by Crippen LogP contribution is 2.29. The molecule has 1 unspecified atom stereocenters. The van der Waals surface area contributed by atoms with Gasteiger partial charge in [-0.3, -0.25) is 4.79 Å². The molecule has 0 amide bonds. The molecule has 1 aromatic carbocycles. The lowest BCUT2D eigenvalue weighted by Crippen LogP contribution is -2.18. The van der Waals surface area contributed by atoms with Gasteiger partial charge in [0.15, 0.2) is 0 Å². The van der Waals surface area contributed by atoms with Crippen LogP contribution in [-0.4, -0.2) is 26.8 Å². The summed E-state index contributed by atoms with van der Waals surface area (Å²) >= 11 is 0. The van der Waals surface area contributed by atoms with E-state index in [-0.39, 0.29) is 12.4 Å². The Morgan fingerprint density at radius 2 is 2.06 bits per heavy atom. The number of benzene rings is 1. The van der Waals surface area contributed by atoms with Crippen molar-refractivity contribution in [3.63, 3.8) is 0 Å². The van der Waals surface area contributed by atoms with E-state index in [0.717, 1.165) is 5.56 Å². The van der Waals surface area contributed by atoms with Gasteiger partial charge in [0.05, 0.1) is 27.2 Å². The van der Waals surface area contributed by atoms with Crippen molar-refractivity contribution in [2.75, 3.05) is 20.8 Å². The van der Waals surface area contributed by atoms with Crippen molar-refractivity contribution in [1.82, 2.24) is 0 Å². The summed E-state index contributed by atoms with van der Waals surface area (Å²) in [5.41, 5.74) is 6.73. The van der Waals surface area contributed by atoms with Gasteiger partial charge in [-0.15, -0.1) is 0 Å². The smallest absolute Gasteiger partial charge is 0.307 e. The lowest BCUT2D eigenvalue weighted by molar-refractivity contribution is -0.143. The number of carbonyl (C=O) groups excluding carboxylic acids is 1. The Hall–Kier alpha value is -1.75. The van der Waals surface area contributed by atoms with E-state index in [1.807, 2.05) is 0 Å². The molecule has 0 aliphatic heterocycles. The number of ether oxygens (including phenoxy) is 3. The average molecular weight is 253 g/mol. The van der Waals surface area contributed by atoms with Crippen molar-refractivity contribution in [1.29, 1.82) is 0 Å². The topological polar surface area (TPSA) is 70.8 Å². The van der Waals surface area contributed by atoms with Gasteiger partial charge in [-0.1, -0.05) is 6.07 Å².